The van der Waals surface area contributed by atoms with Gasteiger partial charge in [0, 0.05) is 6.42 Å². The molecular weight excluding hydrogens is 370 g/mol. The maximum absolute atomic E-state index is 12.1. The Kier molecular flexibility index (Phi) is 7.95. The van der Waals surface area contributed by atoms with E-state index in [1.165, 1.54) is 0 Å². The zero-order valence-corrected chi connectivity index (χ0v) is 15.7. The van der Waals surface area contributed by atoms with Gasteiger partial charge in [-0.3, -0.25) is 4.79 Å². The second kappa shape index (κ2) is 10.4. The van der Waals surface area contributed by atoms with E-state index in [1.807, 2.05) is 19.1 Å². The van der Waals surface area contributed by atoms with E-state index in [4.69, 9.17) is 26.2 Å². The summed E-state index contributed by atoms with van der Waals surface area (Å²) in [7, 11) is 0. The Bertz CT molecular complexity index is 763. The van der Waals surface area contributed by atoms with E-state index in [2.05, 4.69) is 5.32 Å². The Morgan fingerprint density at radius 1 is 1.11 bits per heavy atom. The van der Waals surface area contributed by atoms with Crippen molar-refractivity contribution in [1.29, 1.82) is 0 Å². The molecule has 7 heteroatoms. The predicted octanol–water partition coefficient (Wildman–Crippen LogP) is 3.84. The lowest BCUT2D eigenvalue weighted by atomic mass is 10.1. The Labute approximate surface area is 163 Å². The fourth-order valence-electron chi connectivity index (χ4n) is 2.37. The van der Waals surface area contributed by atoms with Gasteiger partial charge in [0.2, 0.25) is 5.91 Å². The third kappa shape index (κ3) is 7.19. The van der Waals surface area contributed by atoms with Gasteiger partial charge in [0.25, 0.3) is 0 Å². The monoisotopic (exact) mass is 391 g/mol. The van der Waals surface area contributed by atoms with E-state index in [9.17, 15) is 9.59 Å². The first kappa shape index (κ1) is 20.6. The van der Waals surface area contributed by atoms with Crippen LogP contribution in [0.3, 0.4) is 0 Å². The van der Waals surface area contributed by atoms with Gasteiger partial charge in [-0.15, -0.1) is 0 Å². The number of nitrogens with one attached hydrogen (secondary N) is 1. The Hall–Kier alpha value is -2.73. The number of rotatable bonds is 10. The standard InChI is InChI=1S/C20H22ClNO5/c1-14(15-8-10-16(11-9-15)27-13-20(24)25)22-19(23)7-4-12-26-18-6-3-2-5-17(18)21/h2-3,5-6,8-11,14H,4,7,12-13H2,1H3,(H,22,23)(H,24,25). The first-order valence-corrected chi connectivity index (χ1v) is 8.94. The van der Waals surface area contributed by atoms with Crippen molar-refractivity contribution in [3.05, 3.63) is 59.1 Å². The third-order valence-electron chi connectivity index (χ3n) is 3.76. The van der Waals surface area contributed by atoms with Gasteiger partial charge in [-0.25, -0.2) is 4.79 Å². The molecule has 0 aliphatic heterocycles. The summed E-state index contributed by atoms with van der Waals surface area (Å²) >= 11 is 6.01. The molecule has 0 aromatic heterocycles. The van der Waals surface area contributed by atoms with Crippen LogP contribution in [0.2, 0.25) is 5.02 Å². The third-order valence-corrected chi connectivity index (χ3v) is 4.07. The van der Waals surface area contributed by atoms with Crippen LogP contribution in [-0.2, 0) is 9.59 Å². The van der Waals surface area contributed by atoms with Crippen molar-refractivity contribution in [2.24, 2.45) is 0 Å². The second-order valence-corrected chi connectivity index (χ2v) is 6.33. The number of carboxylic acids is 1. The van der Waals surface area contributed by atoms with Crippen LogP contribution < -0.4 is 14.8 Å². The van der Waals surface area contributed by atoms with E-state index < -0.39 is 5.97 Å². The maximum Gasteiger partial charge on any atom is 0.341 e. The van der Waals surface area contributed by atoms with Gasteiger partial charge in [-0.1, -0.05) is 35.9 Å². The number of amides is 1. The zero-order valence-electron chi connectivity index (χ0n) is 15.0. The lowest BCUT2D eigenvalue weighted by molar-refractivity contribution is -0.139. The molecule has 0 heterocycles. The van der Waals surface area contributed by atoms with Gasteiger partial charge >= 0.3 is 5.97 Å². The van der Waals surface area contributed by atoms with Gasteiger partial charge < -0.3 is 19.9 Å². The van der Waals surface area contributed by atoms with Crippen molar-refractivity contribution in [2.75, 3.05) is 13.2 Å². The van der Waals surface area contributed by atoms with Gasteiger partial charge in [-0.05, 0) is 43.2 Å². The van der Waals surface area contributed by atoms with Crippen molar-refractivity contribution >= 4 is 23.5 Å². The van der Waals surface area contributed by atoms with Crippen LogP contribution in [-0.4, -0.2) is 30.2 Å². The van der Waals surface area contributed by atoms with Crippen LogP contribution in [0.1, 0.15) is 31.4 Å². The molecule has 1 unspecified atom stereocenters. The van der Waals surface area contributed by atoms with E-state index in [0.717, 1.165) is 5.56 Å². The molecule has 144 valence electrons. The molecule has 1 atom stereocenters. The van der Waals surface area contributed by atoms with Crippen LogP contribution in [0.5, 0.6) is 11.5 Å². The molecule has 0 bridgehead atoms. The smallest absolute Gasteiger partial charge is 0.341 e. The molecule has 0 saturated carbocycles. The topological polar surface area (TPSA) is 84.9 Å². The Morgan fingerprint density at radius 2 is 1.81 bits per heavy atom. The summed E-state index contributed by atoms with van der Waals surface area (Å²) in [5, 5.41) is 12.1. The molecule has 2 aromatic rings. The minimum atomic E-state index is -1.03. The first-order chi connectivity index (χ1) is 13.0. The van der Waals surface area contributed by atoms with Crippen LogP contribution in [0.4, 0.5) is 0 Å². The summed E-state index contributed by atoms with van der Waals surface area (Å²) in [6.45, 7) is 1.90. The Morgan fingerprint density at radius 3 is 2.48 bits per heavy atom. The van der Waals surface area contributed by atoms with Gasteiger partial charge in [0.1, 0.15) is 11.5 Å². The molecule has 1 amide bonds. The summed E-state index contributed by atoms with van der Waals surface area (Å²) in [4.78, 5) is 22.6. The van der Waals surface area contributed by atoms with Crippen LogP contribution in [0.25, 0.3) is 0 Å². The lowest BCUT2D eigenvalue weighted by Gasteiger charge is -2.15. The molecule has 0 fully saturated rings. The normalized spacial score (nSPS) is 11.5. The molecular formula is C20H22ClNO5. The summed E-state index contributed by atoms with van der Waals surface area (Å²) in [5.41, 5.74) is 0.901. The molecule has 0 saturated heterocycles. The number of carbonyl (C=O) groups excluding carboxylic acids is 1. The largest absolute Gasteiger partial charge is 0.492 e. The molecule has 0 radical (unpaired) electrons. The Balaban J connectivity index is 1.71. The molecule has 0 spiro atoms. The van der Waals surface area contributed by atoms with Crippen LogP contribution >= 0.6 is 11.6 Å². The molecule has 0 aliphatic carbocycles. The molecule has 0 aliphatic rings. The summed E-state index contributed by atoms with van der Waals surface area (Å²) in [6, 6.07) is 14.0. The van der Waals surface area contributed by atoms with Gasteiger partial charge in [0.15, 0.2) is 6.61 Å². The fraction of sp³-hybridized carbons (Fsp3) is 0.300. The average Bonchev–Trinajstić information content (AvgIpc) is 2.65. The lowest BCUT2D eigenvalue weighted by Crippen LogP contribution is -2.26. The molecule has 2 N–H and O–H groups in total. The number of halogens is 1. The van der Waals surface area contributed by atoms with Crippen molar-refractivity contribution < 1.29 is 24.2 Å². The summed E-state index contributed by atoms with van der Waals surface area (Å²) in [5.74, 6) is -0.0239. The van der Waals surface area contributed by atoms with Gasteiger partial charge in [0.05, 0.1) is 17.7 Å². The van der Waals surface area contributed by atoms with Crippen molar-refractivity contribution in [1.82, 2.24) is 5.32 Å². The van der Waals surface area contributed by atoms with E-state index >= 15 is 0 Å². The first-order valence-electron chi connectivity index (χ1n) is 8.57. The number of para-hydroxylation sites is 1. The highest BCUT2D eigenvalue weighted by atomic mass is 35.5. The highest BCUT2D eigenvalue weighted by Gasteiger charge is 2.10. The highest BCUT2D eigenvalue weighted by molar-refractivity contribution is 6.32. The summed E-state index contributed by atoms with van der Waals surface area (Å²) in [6.07, 6.45) is 0.917. The quantitative estimate of drug-likeness (QED) is 0.601. The van der Waals surface area contributed by atoms with Crippen molar-refractivity contribution in [2.45, 2.75) is 25.8 Å². The zero-order chi connectivity index (χ0) is 19.6. The molecule has 6 nitrogen and oxygen atoms in total. The van der Waals surface area contributed by atoms with E-state index in [-0.39, 0.29) is 18.6 Å². The predicted molar refractivity (Wildman–Crippen MR) is 102 cm³/mol. The minimum Gasteiger partial charge on any atom is -0.492 e. The minimum absolute atomic E-state index is 0.0727. The number of carboxylic acid groups (broad SMARTS) is 1. The average molecular weight is 392 g/mol. The number of aliphatic carboxylic acids is 1. The maximum atomic E-state index is 12.1. The second-order valence-electron chi connectivity index (χ2n) is 5.92. The number of ether oxygens (including phenoxy) is 2. The number of carbonyl (C=O) groups is 2. The molecule has 2 rings (SSSR count). The number of hydrogen-bond donors (Lipinski definition) is 2. The molecule has 27 heavy (non-hydrogen) atoms. The summed E-state index contributed by atoms with van der Waals surface area (Å²) < 4.78 is 10.6. The van der Waals surface area contributed by atoms with Crippen LogP contribution in [0, 0.1) is 0 Å². The fourth-order valence-corrected chi connectivity index (χ4v) is 2.56. The number of hydrogen-bond acceptors (Lipinski definition) is 4. The SMILES string of the molecule is CC(NC(=O)CCCOc1ccccc1Cl)c1ccc(OCC(=O)O)cc1. The number of benzene rings is 2. The molecule has 2 aromatic carbocycles. The van der Waals surface area contributed by atoms with Crippen molar-refractivity contribution in [3.63, 3.8) is 0 Å². The van der Waals surface area contributed by atoms with Gasteiger partial charge in [-0.2, -0.15) is 0 Å². The van der Waals surface area contributed by atoms with Crippen molar-refractivity contribution in [3.8, 4) is 11.5 Å². The van der Waals surface area contributed by atoms with Crippen LogP contribution in [0.15, 0.2) is 48.5 Å². The van der Waals surface area contributed by atoms with E-state index in [0.29, 0.717) is 36.0 Å². The highest BCUT2D eigenvalue weighted by Crippen LogP contribution is 2.23. The van der Waals surface area contributed by atoms with E-state index in [1.54, 1.807) is 36.4 Å².